The maximum atomic E-state index is 13.2. The van der Waals surface area contributed by atoms with E-state index in [1.165, 1.54) is 77.1 Å². The number of nitrogens with one attached hydrogen (secondary N) is 1. The molecule has 14 nitrogen and oxygen atoms in total. The Bertz CT molecular complexity index is 2770. The lowest BCUT2D eigenvalue weighted by molar-refractivity contribution is 0.0112. The van der Waals surface area contributed by atoms with E-state index in [0.29, 0.717) is 25.7 Å². The van der Waals surface area contributed by atoms with Crippen LogP contribution in [0.1, 0.15) is 114 Å². The van der Waals surface area contributed by atoms with Gasteiger partial charge in [-0.2, -0.15) is 0 Å². The van der Waals surface area contributed by atoms with Crippen LogP contribution in [0.5, 0.6) is 0 Å². The molecule has 2 aromatic heterocycles. The first-order chi connectivity index (χ1) is 38.0. The number of nitrogens with zero attached hydrogens (tertiary/aromatic N) is 7. The first-order valence-electron chi connectivity index (χ1n) is 28.8. The Hall–Kier alpha value is -5.62. The van der Waals surface area contributed by atoms with Gasteiger partial charge in [0.05, 0.1) is 9.75 Å². The minimum atomic E-state index is -0.480. The number of ether oxygens (including phenoxy) is 2. The van der Waals surface area contributed by atoms with Crippen molar-refractivity contribution in [3.05, 3.63) is 151 Å². The highest BCUT2D eigenvalue weighted by atomic mass is 32.1. The molecule has 5 aromatic rings. The third-order valence-corrected chi connectivity index (χ3v) is 17.5. The van der Waals surface area contributed by atoms with Gasteiger partial charge >= 0.3 is 12.2 Å². The van der Waals surface area contributed by atoms with Crippen molar-refractivity contribution in [1.82, 2.24) is 39.6 Å². The molecule has 3 aromatic carbocycles. The summed E-state index contributed by atoms with van der Waals surface area (Å²) >= 11 is 3.05. The minimum absolute atomic E-state index is 0.113. The molecular weight excluding hydrogens is 1030 g/mol. The van der Waals surface area contributed by atoms with Crippen LogP contribution >= 0.6 is 22.7 Å². The van der Waals surface area contributed by atoms with E-state index in [1.807, 2.05) is 92.4 Å². The number of hydrogen-bond donors (Lipinski definition) is 1. The van der Waals surface area contributed by atoms with E-state index in [4.69, 9.17) is 9.47 Å². The molecule has 3 saturated heterocycles. The quantitative estimate of drug-likeness (QED) is 0.161. The second kappa shape index (κ2) is 26.8. The molecule has 11 rings (SSSR count). The summed E-state index contributed by atoms with van der Waals surface area (Å²) < 4.78 is 11.0. The van der Waals surface area contributed by atoms with Gasteiger partial charge < -0.3 is 39.3 Å². The number of piperidine rings is 1. The van der Waals surface area contributed by atoms with Crippen LogP contribution in [0, 0.1) is 0 Å². The molecule has 3 fully saturated rings. The van der Waals surface area contributed by atoms with Crippen molar-refractivity contribution < 1.29 is 28.7 Å². The molecule has 0 unspecified atom stereocenters. The molecule has 0 saturated carbocycles. The minimum Gasteiger partial charge on any atom is -0.444 e. The van der Waals surface area contributed by atoms with Gasteiger partial charge in [-0.1, -0.05) is 91.3 Å². The number of likely N-dealkylation sites (tertiary alicyclic amines) is 1. The number of carbonyl (C=O) groups excluding carboxylic acids is 4. The predicted octanol–water partition coefficient (Wildman–Crippen LogP) is 9.92. The molecule has 0 radical (unpaired) electrons. The number of rotatable bonds is 8. The first kappa shape index (κ1) is 58.0. The Morgan fingerprint density at radius 2 is 0.861 bits per heavy atom. The number of hydrogen-bond acceptors (Lipinski definition) is 12. The van der Waals surface area contributed by atoms with Gasteiger partial charge in [-0.05, 0) is 143 Å². The van der Waals surface area contributed by atoms with Crippen LogP contribution in [0.2, 0.25) is 0 Å². The largest absolute Gasteiger partial charge is 0.444 e. The van der Waals surface area contributed by atoms with E-state index >= 15 is 0 Å². The van der Waals surface area contributed by atoms with Crippen LogP contribution in [0.25, 0.3) is 0 Å². The van der Waals surface area contributed by atoms with E-state index in [0.717, 1.165) is 101 Å². The zero-order chi connectivity index (χ0) is 55.5. The van der Waals surface area contributed by atoms with E-state index < -0.39 is 11.2 Å². The van der Waals surface area contributed by atoms with Gasteiger partial charge in [-0.25, -0.2) is 9.59 Å². The average Bonchev–Trinajstić information content (AvgIpc) is 4.24. The highest BCUT2D eigenvalue weighted by molar-refractivity contribution is 7.12. The molecule has 8 heterocycles. The summed E-state index contributed by atoms with van der Waals surface area (Å²) in [5, 5.41) is 7.59. The highest BCUT2D eigenvalue weighted by Gasteiger charge is 2.36. The second-order valence-electron chi connectivity index (χ2n) is 24.0. The van der Waals surface area contributed by atoms with Crippen molar-refractivity contribution in [2.24, 2.45) is 0 Å². The Balaban J connectivity index is 0.000000145. The Labute approximate surface area is 477 Å². The Kier molecular flexibility index (Phi) is 19.7. The fraction of sp³-hybridized carbons (Fsp3) is 0.524. The van der Waals surface area contributed by atoms with Gasteiger partial charge in [0.2, 0.25) is 0 Å². The zero-order valence-corrected chi connectivity index (χ0v) is 49.2. The van der Waals surface area contributed by atoms with Gasteiger partial charge in [-0.3, -0.25) is 19.4 Å². The van der Waals surface area contributed by atoms with Gasteiger partial charge in [0.1, 0.15) is 11.2 Å². The monoisotopic (exact) mass is 1110 g/mol. The molecule has 6 aliphatic heterocycles. The number of amides is 4. The Morgan fingerprint density at radius 3 is 1.28 bits per heavy atom. The second-order valence-corrected chi connectivity index (χ2v) is 25.9. The predicted molar refractivity (Wildman–Crippen MR) is 316 cm³/mol. The summed E-state index contributed by atoms with van der Waals surface area (Å²) in [5.74, 6) is 0.309. The Morgan fingerprint density at radius 1 is 0.468 bits per heavy atom. The lowest BCUT2D eigenvalue weighted by atomic mass is 9.93. The highest BCUT2D eigenvalue weighted by Crippen LogP contribution is 2.30. The lowest BCUT2D eigenvalue weighted by Crippen LogP contribution is -2.55. The molecule has 4 amide bonds. The normalized spacial score (nSPS) is 21.0. The maximum absolute atomic E-state index is 13.2. The summed E-state index contributed by atoms with van der Waals surface area (Å²) in [5.41, 5.74) is 7.26. The molecule has 0 spiro atoms. The number of fused-ring (bicyclic) bond motifs is 3. The SMILES string of the molecule is CC(C)(C)OC(=O)N1CCN(C[C@@H]2Cc3ccccc3CN2)CC1.CC(C)(C)OC(=O)N1CCN(C[C@@H]2Cc3ccccc3CN2C(=O)c2cccs2)CC1.O=C(c1cccs1)N1Cc2ccccc2C[C@H]1CN1CCCCC1. The topological polar surface area (TPSA) is 121 Å². The molecule has 3 atom stereocenters. The third-order valence-electron chi connectivity index (χ3n) is 15.8. The zero-order valence-electron chi connectivity index (χ0n) is 47.6. The number of carbonyl (C=O) groups is 4. The fourth-order valence-electron chi connectivity index (χ4n) is 11.6. The van der Waals surface area contributed by atoms with Crippen LogP contribution in [0.15, 0.2) is 108 Å². The summed E-state index contributed by atoms with van der Waals surface area (Å²) in [4.78, 5) is 67.5. The smallest absolute Gasteiger partial charge is 0.410 e. The van der Waals surface area contributed by atoms with E-state index in [1.54, 1.807) is 16.2 Å². The number of benzene rings is 3. The van der Waals surface area contributed by atoms with Crippen LogP contribution in [0.4, 0.5) is 9.59 Å². The van der Waals surface area contributed by atoms with E-state index in [9.17, 15) is 19.2 Å². The maximum Gasteiger partial charge on any atom is 0.410 e. The van der Waals surface area contributed by atoms with Gasteiger partial charge in [0, 0.05) is 110 Å². The lowest BCUT2D eigenvalue weighted by Gasteiger charge is -2.42. The van der Waals surface area contributed by atoms with Crippen LogP contribution < -0.4 is 5.32 Å². The molecule has 0 bridgehead atoms. The van der Waals surface area contributed by atoms with Crippen molar-refractivity contribution in [2.75, 3.05) is 85.1 Å². The van der Waals surface area contributed by atoms with Crippen LogP contribution in [-0.2, 0) is 48.4 Å². The first-order valence-corrected chi connectivity index (χ1v) is 30.5. The van der Waals surface area contributed by atoms with E-state index in [2.05, 4.69) is 91.6 Å². The molecule has 1 N–H and O–H groups in total. The summed E-state index contributed by atoms with van der Waals surface area (Å²) in [6, 6.07) is 34.4. The molecule has 6 aliphatic rings. The molecule has 16 heteroatoms. The molecule has 0 aliphatic carbocycles. The fourth-order valence-corrected chi connectivity index (χ4v) is 13.0. The molecule has 79 heavy (non-hydrogen) atoms. The summed E-state index contributed by atoms with van der Waals surface area (Å²) in [6.07, 6.45) is 6.43. The third kappa shape index (κ3) is 16.3. The molecular formula is C63H84N8O6S2. The number of thiophene rings is 2. The van der Waals surface area contributed by atoms with Gasteiger partial charge in [-0.15, -0.1) is 22.7 Å². The van der Waals surface area contributed by atoms with Gasteiger partial charge in [0.15, 0.2) is 0 Å². The standard InChI is InChI=1S/C24H31N3O3S.C20H24N2OS.C19H29N3O2/c1-24(2,3)30-23(29)26-12-10-25(11-13-26)17-20-15-18-7-4-5-8-19(18)16-27(20)22(28)21-9-6-14-31-21;23-20(19-9-6-12-24-19)22-14-17-8-3-2-7-16(17)13-18(22)15-21-10-4-1-5-11-21;1-19(2,3)24-18(23)22-10-8-21(9-11-22)14-17-12-15-6-4-5-7-16(15)13-20-17/h4-9,14,20H,10-13,15-17H2,1-3H3;2-3,6-9,12,18H,1,4-5,10-11,13-15H2;4-7,17,20H,8-14H2,1-3H3/t20-;18-;17-/m000/s1. The van der Waals surface area contributed by atoms with Crippen molar-refractivity contribution >= 4 is 46.7 Å². The van der Waals surface area contributed by atoms with Crippen molar-refractivity contribution in [2.45, 2.75) is 129 Å². The van der Waals surface area contributed by atoms with Crippen molar-refractivity contribution in [3.63, 3.8) is 0 Å². The van der Waals surface area contributed by atoms with E-state index in [-0.39, 0.29) is 36.1 Å². The summed E-state index contributed by atoms with van der Waals surface area (Å²) in [6.45, 7) is 25.2. The van der Waals surface area contributed by atoms with Crippen LogP contribution in [-0.4, -0.2) is 173 Å². The van der Waals surface area contributed by atoms with Gasteiger partial charge in [0.25, 0.3) is 11.8 Å². The summed E-state index contributed by atoms with van der Waals surface area (Å²) in [7, 11) is 0. The molecule has 424 valence electrons. The average molecular weight is 1110 g/mol. The van der Waals surface area contributed by atoms with Crippen molar-refractivity contribution in [1.29, 1.82) is 0 Å². The number of piperazine rings is 2. The van der Waals surface area contributed by atoms with Crippen molar-refractivity contribution in [3.8, 4) is 0 Å². The van der Waals surface area contributed by atoms with Crippen LogP contribution in [0.3, 0.4) is 0 Å².